The number of benzene rings is 1. The fourth-order valence-electron chi connectivity index (χ4n) is 2.44. The van der Waals surface area contributed by atoms with Gasteiger partial charge in [-0.3, -0.25) is 9.71 Å². The molecule has 2 rings (SSSR count). The second-order valence-corrected chi connectivity index (χ2v) is 6.97. The van der Waals surface area contributed by atoms with Crippen molar-refractivity contribution in [3.8, 4) is 11.3 Å². The smallest absolute Gasteiger partial charge is 0.398 e. The Hall–Kier alpha value is -2.66. The van der Waals surface area contributed by atoms with Crippen LogP contribution in [0.5, 0.6) is 0 Å². The minimum Gasteiger partial charge on any atom is -0.398 e. The van der Waals surface area contributed by atoms with Crippen LogP contribution in [-0.2, 0) is 6.18 Å². The van der Waals surface area contributed by atoms with E-state index in [0.29, 0.717) is 29.1 Å². The molecule has 0 fully saturated rings. The summed E-state index contributed by atoms with van der Waals surface area (Å²) in [4.78, 5) is 7.24. The van der Waals surface area contributed by atoms with Crippen LogP contribution in [0.3, 0.4) is 0 Å². The molecule has 0 saturated heterocycles. The third-order valence-electron chi connectivity index (χ3n) is 3.84. The highest BCUT2D eigenvalue weighted by atomic mass is 32.2. The quantitative estimate of drug-likeness (QED) is 0.172. The predicted octanol–water partition coefficient (Wildman–Crippen LogP) is 4.64. The molecule has 5 nitrogen and oxygen atoms in total. The number of anilines is 1. The molecule has 162 valence electrons. The van der Waals surface area contributed by atoms with Crippen LogP contribution in [0.1, 0.15) is 11.1 Å². The SMILES string of the molecule is CNSCCNc1cnc(-c2ccc(C(F)(F)F)cc2)cc1/C(N)=C/C=N/C(F)F. The maximum absolute atomic E-state index is 12.8. The second kappa shape index (κ2) is 10.9. The fourth-order valence-corrected chi connectivity index (χ4v) is 2.85. The number of halogens is 5. The summed E-state index contributed by atoms with van der Waals surface area (Å²) >= 11 is 1.49. The maximum atomic E-state index is 12.8. The first-order valence-electron chi connectivity index (χ1n) is 8.70. The predicted molar refractivity (Wildman–Crippen MR) is 111 cm³/mol. The Kier molecular flexibility index (Phi) is 8.60. The number of allylic oxidation sites excluding steroid dienone is 1. The maximum Gasteiger partial charge on any atom is 0.416 e. The van der Waals surface area contributed by atoms with Gasteiger partial charge in [0.2, 0.25) is 0 Å². The largest absolute Gasteiger partial charge is 0.416 e. The van der Waals surface area contributed by atoms with E-state index < -0.39 is 18.3 Å². The standard InChI is InChI=1S/C19H20F5N5S/c1-26-30-9-8-27-17-11-29-16(10-14(17)15(25)6-7-28-18(20)21)12-2-4-13(5-3-12)19(22,23)24/h2-7,10-11,18,26-27H,8-9,25H2,1H3/b15-6-,28-7+. The molecule has 0 atom stereocenters. The summed E-state index contributed by atoms with van der Waals surface area (Å²) < 4.78 is 65.7. The number of pyridine rings is 1. The van der Waals surface area contributed by atoms with Crippen molar-refractivity contribution < 1.29 is 22.0 Å². The van der Waals surface area contributed by atoms with Crippen LogP contribution in [0.4, 0.5) is 27.6 Å². The third kappa shape index (κ3) is 6.99. The molecule has 0 amide bonds. The molecule has 2 aromatic rings. The number of nitrogens with zero attached hydrogens (tertiary/aromatic N) is 2. The lowest BCUT2D eigenvalue weighted by molar-refractivity contribution is -0.137. The highest BCUT2D eigenvalue weighted by Crippen LogP contribution is 2.31. The molecule has 0 aliphatic heterocycles. The van der Waals surface area contributed by atoms with Crippen molar-refractivity contribution in [2.45, 2.75) is 12.7 Å². The Labute approximate surface area is 174 Å². The molecule has 0 aliphatic carbocycles. The number of nitrogens with one attached hydrogen (secondary N) is 2. The number of alkyl halides is 5. The fraction of sp³-hybridized carbons (Fsp3) is 0.263. The van der Waals surface area contributed by atoms with E-state index in [9.17, 15) is 22.0 Å². The van der Waals surface area contributed by atoms with Crippen molar-refractivity contribution in [2.75, 3.05) is 24.7 Å². The minimum atomic E-state index is -4.44. The summed E-state index contributed by atoms with van der Waals surface area (Å²) in [5.74, 6) is 0.729. The van der Waals surface area contributed by atoms with Crippen LogP contribution >= 0.6 is 11.9 Å². The van der Waals surface area contributed by atoms with E-state index in [-0.39, 0.29) is 5.70 Å². The van der Waals surface area contributed by atoms with E-state index in [4.69, 9.17) is 5.73 Å². The second-order valence-electron chi connectivity index (χ2n) is 5.87. The summed E-state index contributed by atoms with van der Waals surface area (Å²) in [5.41, 5.74) is 7.28. The van der Waals surface area contributed by atoms with Gasteiger partial charge in [-0.25, -0.2) is 4.99 Å². The monoisotopic (exact) mass is 445 g/mol. The molecule has 0 spiro atoms. The average molecular weight is 445 g/mol. The van der Waals surface area contributed by atoms with E-state index in [2.05, 4.69) is 20.0 Å². The average Bonchev–Trinajstić information content (AvgIpc) is 2.70. The third-order valence-corrected chi connectivity index (χ3v) is 4.54. The van der Waals surface area contributed by atoms with Gasteiger partial charge in [-0.15, -0.1) is 0 Å². The molecule has 0 aliphatic rings. The van der Waals surface area contributed by atoms with Crippen molar-refractivity contribution in [1.82, 2.24) is 9.71 Å². The van der Waals surface area contributed by atoms with Crippen LogP contribution in [0.25, 0.3) is 17.0 Å². The molecule has 1 aromatic carbocycles. The number of rotatable bonds is 9. The Morgan fingerprint density at radius 2 is 1.97 bits per heavy atom. The molecule has 1 aromatic heterocycles. The lowest BCUT2D eigenvalue weighted by Crippen LogP contribution is -2.11. The van der Waals surface area contributed by atoms with Crippen molar-refractivity contribution in [3.63, 3.8) is 0 Å². The van der Waals surface area contributed by atoms with Crippen LogP contribution in [0.2, 0.25) is 0 Å². The first kappa shape index (κ1) is 23.6. The highest BCUT2D eigenvalue weighted by molar-refractivity contribution is 7.97. The Morgan fingerprint density at radius 3 is 2.57 bits per heavy atom. The Morgan fingerprint density at radius 1 is 1.27 bits per heavy atom. The number of aliphatic imine (C=N–C) groups is 1. The minimum absolute atomic E-state index is 0.152. The number of nitrogens with two attached hydrogens (primary N) is 1. The lowest BCUT2D eigenvalue weighted by atomic mass is 10.0. The molecule has 0 saturated carbocycles. The molecule has 1 heterocycles. The summed E-state index contributed by atoms with van der Waals surface area (Å²) in [6.45, 7) is -2.29. The van der Waals surface area contributed by atoms with Crippen molar-refractivity contribution in [2.24, 2.45) is 10.7 Å². The number of hydrogen-bond acceptors (Lipinski definition) is 6. The van der Waals surface area contributed by atoms with Gasteiger partial charge in [0.25, 0.3) is 0 Å². The van der Waals surface area contributed by atoms with Gasteiger partial charge in [-0.2, -0.15) is 22.0 Å². The zero-order valence-corrected chi connectivity index (χ0v) is 16.7. The van der Waals surface area contributed by atoms with Gasteiger partial charge >= 0.3 is 12.7 Å². The molecule has 0 radical (unpaired) electrons. The van der Waals surface area contributed by atoms with Crippen LogP contribution in [-0.4, -0.2) is 37.1 Å². The van der Waals surface area contributed by atoms with Crippen molar-refractivity contribution >= 4 is 29.5 Å². The van der Waals surface area contributed by atoms with E-state index >= 15 is 0 Å². The molecule has 4 N–H and O–H groups in total. The molecule has 0 unspecified atom stereocenters. The van der Waals surface area contributed by atoms with Crippen molar-refractivity contribution in [3.05, 3.63) is 53.7 Å². The van der Waals surface area contributed by atoms with Crippen molar-refractivity contribution in [1.29, 1.82) is 0 Å². The Bertz CT molecular complexity index is 882. The zero-order chi connectivity index (χ0) is 22.1. The Balaban J connectivity index is 2.36. The van der Waals surface area contributed by atoms with Crippen LogP contribution in [0.15, 0.2) is 47.6 Å². The first-order chi connectivity index (χ1) is 14.2. The van der Waals surface area contributed by atoms with Gasteiger partial charge < -0.3 is 11.1 Å². The van der Waals surface area contributed by atoms with Gasteiger partial charge in [0, 0.05) is 35.3 Å². The highest BCUT2D eigenvalue weighted by Gasteiger charge is 2.30. The molecule has 11 heteroatoms. The topological polar surface area (TPSA) is 75.3 Å². The normalized spacial score (nSPS) is 12.7. The summed E-state index contributed by atoms with van der Waals surface area (Å²) in [7, 11) is 1.79. The lowest BCUT2D eigenvalue weighted by Gasteiger charge is -2.14. The van der Waals surface area contributed by atoms with Crippen LogP contribution in [0, 0.1) is 0 Å². The van der Waals surface area contributed by atoms with E-state index in [1.807, 2.05) is 0 Å². The molecular weight excluding hydrogens is 425 g/mol. The summed E-state index contributed by atoms with van der Waals surface area (Å²) in [5, 5.41) is 3.15. The van der Waals surface area contributed by atoms with Gasteiger partial charge in [-0.1, -0.05) is 24.1 Å². The molecule has 30 heavy (non-hydrogen) atoms. The van der Waals surface area contributed by atoms with Gasteiger partial charge in [0.1, 0.15) is 0 Å². The van der Waals surface area contributed by atoms with Gasteiger partial charge in [-0.05, 0) is 31.3 Å². The number of aromatic nitrogens is 1. The molecule has 0 bridgehead atoms. The van der Waals surface area contributed by atoms with E-state index in [1.54, 1.807) is 13.1 Å². The van der Waals surface area contributed by atoms with Gasteiger partial charge in [0.05, 0.1) is 23.1 Å². The van der Waals surface area contributed by atoms with Gasteiger partial charge in [0.15, 0.2) is 0 Å². The van der Waals surface area contributed by atoms with E-state index in [0.717, 1.165) is 24.1 Å². The summed E-state index contributed by atoms with van der Waals surface area (Å²) in [6.07, 6.45) is -0.810. The summed E-state index contributed by atoms with van der Waals surface area (Å²) in [6, 6.07) is 6.13. The number of hydrogen-bond donors (Lipinski definition) is 3. The molecular formula is C19H20F5N5S. The van der Waals surface area contributed by atoms with Crippen LogP contribution < -0.4 is 15.8 Å². The zero-order valence-electron chi connectivity index (χ0n) is 15.9. The van der Waals surface area contributed by atoms with E-state index in [1.165, 1.54) is 36.4 Å². The first-order valence-corrected chi connectivity index (χ1v) is 9.68.